The van der Waals surface area contributed by atoms with Gasteiger partial charge in [-0.25, -0.2) is 4.79 Å². The number of benzene rings is 2. The maximum Gasteiger partial charge on any atom is 0.490 e. The normalized spacial score (nSPS) is 17.0. The van der Waals surface area contributed by atoms with Crippen LogP contribution in [0.4, 0.5) is 24.5 Å². The van der Waals surface area contributed by atoms with E-state index in [1.54, 1.807) is 19.4 Å². The van der Waals surface area contributed by atoms with E-state index in [2.05, 4.69) is 50.3 Å². The SMILES string of the molecule is COCC1CCN(c2ccc(N/C=C3\C(=O)NC(=O)c4ccc(I)cc43)cc2)CC1.O=C(O)C(F)(F)F. The van der Waals surface area contributed by atoms with E-state index >= 15 is 0 Å². The molecule has 0 unspecified atom stereocenters. The van der Waals surface area contributed by atoms with E-state index in [0.717, 1.165) is 41.8 Å². The number of imide groups is 1. The fourth-order valence-electron chi connectivity index (χ4n) is 3.96. The number of carboxylic acid groups (broad SMARTS) is 1. The monoisotopic (exact) mass is 631 g/mol. The average molecular weight is 631 g/mol. The number of hydrogen-bond donors (Lipinski definition) is 3. The zero-order chi connectivity index (χ0) is 27.2. The minimum atomic E-state index is -5.08. The lowest BCUT2D eigenvalue weighted by Gasteiger charge is -2.33. The van der Waals surface area contributed by atoms with E-state index in [1.165, 1.54) is 5.69 Å². The summed E-state index contributed by atoms with van der Waals surface area (Å²) in [7, 11) is 1.77. The second-order valence-corrected chi connectivity index (χ2v) is 9.66. The second kappa shape index (κ2) is 12.4. The number of anilines is 2. The van der Waals surface area contributed by atoms with E-state index < -0.39 is 18.1 Å². The minimum Gasteiger partial charge on any atom is -0.475 e. The number of nitrogens with one attached hydrogen (secondary N) is 2. The molecule has 3 N–H and O–H groups in total. The molecule has 0 spiro atoms. The third kappa shape index (κ3) is 7.68. The van der Waals surface area contributed by atoms with Crippen molar-refractivity contribution in [2.24, 2.45) is 5.92 Å². The number of ether oxygens (including phenoxy) is 1. The summed E-state index contributed by atoms with van der Waals surface area (Å²) in [6, 6.07) is 13.7. The fraction of sp³-hybridized carbons (Fsp3) is 0.320. The van der Waals surface area contributed by atoms with E-state index in [4.69, 9.17) is 14.6 Å². The molecule has 2 aliphatic rings. The van der Waals surface area contributed by atoms with E-state index in [1.807, 2.05) is 24.3 Å². The van der Waals surface area contributed by atoms with Crippen LogP contribution >= 0.6 is 22.6 Å². The molecule has 12 heteroatoms. The zero-order valence-corrected chi connectivity index (χ0v) is 21.9. The summed E-state index contributed by atoms with van der Waals surface area (Å²) in [5.74, 6) is -2.86. The van der Waals surface area contributed by atoms with Crippen LogP contribution in [-0.2, 0) is 14.3 Å². The Kier molecular flexibility index (Phi) is 9.54. The molecule has 2 amide bonds. The quantitative estimate of drug-likeness (QED) is 0.253. The van der Waals surface area contributed by atoms with Gasteiger partial charge in [-0.2, -0.15) is 13.2 Å². The highest BCUT2D eigenvalue weighted by molar-refractivity contribution is 14.1. The molecule has 37 heavy (non-hydrogen) atoms. The fourth-order valence-corrected chi connectivity index (χ4v) is 4.45. The van der Waals surface area contributed by atoms with Crippen molar-refractivity contribution in [3.05, 3.63) is 63.4 Å². The molecule has 4 rings (SSSR count). The summed E-state index contributed by atoms with van der Waals surface area (Å²) in [6.45, 7) is 2.91. The molecule has 1 fully saturated rings. The van der Waals surface area contributed by atoms with Gasteiger partial charge in [-0.1, -0.05) is 0 Å². The number of rotatable bonds is 5. The summed E-state index contributed by atoms with van der Waals surface area (Å²) in [6.07, 6.45) is -1.13. The van der Waals surface area contributed by atoms with Gasteiger partial charge in [-0.15, -0.1) is 0 Å². The molecule has 2 heterocycles. The number of halogens is 4. The highest BCUT2D eigenvalue weighted by Gasteiger charge is 2.38. The van der Waals surface area contributed by atoms with Gasteiger partial charge in [0.1, 0.15) is 0 Å². The summed E-state index contributed by atoms with van der Waals surface area (Å²) < 4.78 is 38.0. The van der Waals surface area contributed by atoms with Crippen LogP contribution in [0, 0.1) is 9.49 Å². The number of alkyl halides is 3. The number of carbonyl (C=O) groups is 3. The number of hydrogen-bond acceptors (Lipinski definition) is 6. The van der Waals surface area contributed by atoms with Gasteiger partial charge in [0.25, 0.3) is 11.8 Å². The van der Waals surface area contributed by atoms with Crippen molar-refractivity contribution in [2.75, 3.05) is 37.0 Å². The maximum atomic E-state index is 12.4. The third-order valence-corrected chi connectivity index (χ3v) is 6.53. The summed E-state index contributed by atoms with van der Waals surface area (Å²) >= 11 is 2.18. The van der Waals surface area contributed by atoms with Gasteiger partial charge in [0.2, 0.25) is 0 Å². The maximum absolute atomic E-state index is 12.4. The third-order valence-electron chi connectivity index (χ3n) is 5.86. The number of piperidine rings is 1. The van der Waals surface area contributed by atoms with E-state index in [0.29, 0.717) is 22.6 Å². The lowest BCUT2D eigenvalue weighted by molar-refractivity contribution is -0.192. The Labute approximate surface area is 225 Å². The molecule has 1 saturated heterocycles. The molecule has 198 valence electrons. The minimum absolute atomic E-state index is 0.359. The highest BCUT2D eigenvalue weighted by atomic mass is 127. The first-order valence-corrected chi connectivity index (χ1v) is 12.3. The molecule has 2 aromatic carbocycles. The molecular formula is C25H25F3IN3O5. The van der Waals surface area contributed by atoms with Crippen molar-refractivity contribution < 1.29 is 37.4 Å². The lowest BCUT2D eigenvalue weighted by atomic mass is 9.95. The van der Waals surface area contributed by atoms with Gasteiger partial charge in [0, 0.05) is 59.1 Å². The number of fused-ring (bicyclic) bond motifs is 1. The number of carbonyl (C=O) groups excluding carboxylic acids is 2. The highest BCUT2D eigenvalue weighted by Crippen LogP contribution is 2.28. The molecule has 0 aromatic heterocycles. The molecule has 0 saturated carbocycles. The van der Waals surface area contributed by atoms with Crippen LogP contribution in [0.5, 0.6) is 0 Å². The lowest BCUT2D eigenvalue weighted by Crippen LogP contribution is -2.36. The summed E-state index contributed by atoms with van der Waals surface area (Å²) in [5.41, 5.74) is 3.70. The predicted molar refractivity (Wildman–Crippen MR) is 140 cm³/mol. The molecule has 0 radical (unpaired) electrons. The molecule has 8 nitrogen and oxygen atoms in total. The number of nitrogens with zero attached hydrogens (tertiary/aromatic N) is 1. The molecule has 2 aromatic rings. The van der Waals surface area contributed by atoms with Crippen molar-refractivity contribution >= 4 is 57.3 Å². The van der Waals surface area contributed by atoms with Gasteiger partial charge < -0.3 is 20.1 Å². The summed E-state index contributed by atoms with van der Waals surface area (Å²) in [5, 5.41) is 12.7. The van der Waals surface area contributed by atoms with Crippen LogP contribution in [0.3, 0.4) is 0 Å². The Morgan fingerprint density at radius 3 is 2.32 bits per heavy atom. The average Bonchev–Trinajstić information content (AvgIpc) is 2.84. The Morgan fingerprint density at radius 1 is 1.14 bits per heavy atom. The molecule has 0 aliphatic carbocycles. The largest absolute Gasteiger partial charge is 0.490 e. The van der Waals surface area contributed by atoms with Crippen LogP contribution in [-0.4, -0.2) is 55.9 Å². The first-order chi connectivity index (χ1) is 17.5. The Morgan fingerprint density at radius 2 is 1.76 bits per heavy atom. The molecular weight excluding hydrogens is 606 g/mol. The topological polar surface area (TPSA) is 108 Å². The van der Waals surface area contributed by atoms with Gasteiger partial charge >= 0.3 is 12.1 Å². The van der Waals surface area contributed by atoms with Crippen molar-refractivity contribution in [3.8, 4) is 0 Å². The number of amides is 2. The van der Waals surface area contributed by atoms with Crippen molar-refractivity contribution in [2.45, 2.75) is 19.0 Å². The first kappa shape index (κ1) is 28.4. The van der Waals surface area contributed by atoms with Crippen molar-refractivity contribution in [1.29, 1.82) is 0 Å². The smallest absolute Gasteiger partial charge is 0.475 e. The number of carboxylic acids is 1. The van der Waals surface area contributed by atoms with E-state index in [-0.39, 0.29) is 5.91 Å². The first-order valence-electron chi connectivity index (χ1n) is 11.3. The molecule has 0 atom stereocenters. The van der Waals surface area contributed by atoms with Crippen LogP contribution in [0.15, 0.2) is 48.7 Å². The second-order valence-electron chi connectivity index (χ2n) is 8.41. The number of aliphatic carboxylic acids is 1. The molecule has 0 bridgehead atoms. The van der Waals surface area contributed by atoms with Crippen LogP contribution < -0.4 is 15.5 Å². The van der Waals surface area contributed by atoms with Crippen LogP contribution in [0.1, 0.15) is 28.8 Å². The van der Waals surface area contributed by atoms with E-state index in [9.17, 15) is 22.8 Å². The Bertz CT molecular complexity index is 1180. The van der Waals surface area contributed by atoms with Crippen LogP contribution in [0.2, 0.25) is 0 Å². The molecule has 2 aliphatic heterocycles. The van der Waals surface area contributed by atoms with Crippen LogP contribution in [0.25, 0.3) is 5.57 Å². The zero-order valence-electron chi connectivity index (χ0n) is 19.8. The van der Waals surface area contributed by atoms with Crippen molar-refractivity contribution in [1.82, 2.24) is 5.32 Å². The Balaban J connectivity index is 0.000000479. The van der Waals surface area contributed by atoms with Gasteiger partial charge in [0.05, 0.1) is 5.57 Å². The van der Waals surface area contributed by atoms with Gasteiger partial charge in [0.15, 0.2) is 0 Å². The Hall–Kier alpha value is -3.13. The van der Waals surface area contributed by atoms with Gasteiger partial charge in [-0.3, -0.25) is 14.9 Å². The number of methoxy groups -OCH3 is 1. The predicted octanol–water partition coefficient (Wildman–Crippen LogP) is 4.51. The summed E-state index contributed by atoms with van der Waals surface area (Å²) in [4.78, 5) is 35.7. The standard InChI is InChI=1S/C23H24IN3O3.C2HF3O2/c1-30-14-15-8-10-27(11-9-15)18-5-3-17(4-6-18)25-13-21-20-12-16(24)2-7-19(20)22(28)26-23(21)29;3-2(4,5)1(6)7/h2-7,12-13,15,25H,8-11,14H2,1H3,(H,26,28,29);(H,6,7)/b21-13-;. The van der Waals surface area contributed by atoms with Crippen molar-refractivity contribution in [3.63, 3.8) is 0 Å². The van der Waals surface area contributed by atoms with Gasteiger partial charge in [-0.05, 0) is 83.8 Å².